The predicted molar refractivity (Wildman–Crippen MR) is 93.3 cm³/mol. The zero-order chi connectivity index (χ0) is 17.3. The first kappa shape index (κ1) is 17.7. The van der Waals surface area contributed by atoms with E-state index < -0.39 is 0 Å². The zero-order valence-electron chi connectivity index (χ0n) is 14.5. The average molecular weight is 382 g/mol. The van der Waals surface area contributed by atoms with Gasteiger partial charge in [-0.2, -0.15) is 10.2 Å². The van der Waals surface area contributed by atoms with Crippen LogP contribution in [0.4, 0.5) is 0 Å². The smallest absolute Gasteiger partial charge is 0.245 e. The van der Waals surface area contributed by atoms with Gasteiger partial charge in [0.2, 0.25) is 5.91 Å². The summed E-state index contributed by atoms with van der Waals surface area (Å²) in [5, 5.41) is 11.8. The normalized spacial score (nSPS) is 13.9. The van der Waals surface area contributed by atoms with Crippen molar-refractivity contribution in [2.75, 3.05) is 0 Å². The summed E-state index contributed by atoms with van der Waals surface area (Å²) in [5.41, 5.74) is 3.96. The van der Waals surface area contributed by atoms with Gasteiger partial charge in [0.05, 0.1) is 28.1 Å². The number of carbonyl (C=O) groups excluding carboxylic acids is 1. The molecule has 1 amide bonds. The fourth-order valence-corrected chi connectivity index (χ4v) is 3.01. The number of rotatable bonds is 5. The van der Waals surface area contributed by atoms with E-state index in [0.29, 0.717) is 0 Å². The molecule has 0 fully saturated rings. The fourth-order valence-electron chi connectivity index (χ4n) is 2.75. The van der Waals surface area contributed by atoms with Crippen molar-refractivity contribution >= 4 is 21.8 Å². The van der Waals surface area contributed by atoms with E-state index in [2.05, 4.69) is 38.4 Å². The maximum atomic E-state index is 12.6. The van der Waals surface area contributed by atoms with E-state index in [9.17, 15) is 4.79 Å². The molecule has 0 spiro atoms. The van der Waals surface area contributed by atoms with Crippen molar-refractivity contribution in [3.63, 3.8) is 0 Å². The zero-order valence-corrected chi connectivity index (χ0v) is 16.1. The molecule has 7 heteroatoms. The van der Waals surface area contributed by atoms with Crippen LogP contribution in [0.25, 0.3) is 0 Å². The summed E-state index contributed by atoms with van der Waals surface area (Å²) >= 11 is 3.50. The number of aryl methyl sites for hydroxylation is 2. The second-order valence-corrected chi connectivity index (χ2v) is 6.63. The molecule has 2 aromatic heterocycles. The van der Waals surface area contributed by atoms with Gasteiger partial charge in [-0.3, -0.25) is 14.2 Å². The van der Waals surface area contributed by atoms with Gasteiger partial charge in [-0.05, 0) is 57.5 Å². The molecule has 6 nitrogen and oxygen atoms in total. The van der Waals surface area contributed by atoms with Crippen molar-refractivity contribution in [2.45, 2.75) is 60.2 Å². The molecule has 0 aliphatic heterocycles. The monoisotopic (exact) mass is 381 g/mol. The molecule has 2 rings (SSSR count). The van der Waals surface area contributed by atoms with Gasteiger partial charge in [0.15, 0.2) is 0 Å². The number of aromatic nitrogens is 4. The van der Waals surface area contributed by atoms with Crippen LogP contribution in [0, 0.1) is 20.8 Å². The number of halogens is 1. The predicted octanol–water partition coefficient (Wildman–Crippen LogP) is 3.23. The lowest BCUT2D eigenvalue weighted by atomic mass is 10.1. The second kappa shape index (κ2) is 6.86. The van der Waals surface area contributed by atoms with Crippen LogP contribution >= 0.6 is 15.9 Å². The number of nitrogens with zero attached hydrogens (tertiary/aromatic N) is 4. The first-order valence-corrected chi connectivity index (χ1v) is 8.61. The highest BCUT2D eigenvalue weighted by Crippen LogP contribution is 2.23. The molecule has 2 unspecified atom stereocenters. The highest BCUT2D eigenvalue weighted by molar-refractivity contribution is 9.10. The number of hydrogen-bond donors (Lipinski definition) is 1. The molecular weight excluding hydrogens is 358 g/mol. The highest BCUT2D eigenvalue weighted by Gasteiger charge is 2.23. The highest BCUT2D eigenvalue weighted by atomic mass is 79.9. The molecule has 126 valence electrons. The van der Waals surface area contributed by atoms with E-state index in [0.717, 1.165) is 33.7 Å². The van der Waals surface area contributed by atoms with Crippen LogP contribution < -0.4 is 5.32 Å². The molecular formula is C16H24BrN5O. The van der Waals surface area contributed by atoms with Crippen molar-refractivity contribution in [1.29, 1.82) is 0 Å². The minimum Gasteiger partial charge on any atom is -0.348 e. The standard InChI is InChI=1S/C16H24BrN5O/c1-7-21-11(4)14(8-18-21)9(2)19-16(23)13(6)22-12(5)15(17)10(3)20-22/h8-9,13H,7H2,1-6H3,(H,19,23). The Morgan fingerprint density at radius 2 is 1.96 bits per heavy atom. The van der Waals surface area contributed by atoms with Crippen LogP contribution in [-0.2, 0) is 11.3 Å². The van der Waals surface area contributed by atoms with Crippen LogP contribution in [0.2, 0.25) is 0 Å². The summed E-state index contributed by atoms with van der Waals surface area (Å²) in [6.07, 6.45) is 1.83. The Hall–Kier alpha value is -1.63. The quantitative estimate of drug-likeness (QED) is 0.864. The summed E-state index contributed by atoms with van der Waals surface area (Å²) in [5.74, 6) is -0.0563. The topological polar surface area (TPSA) is 64.7 Å². The minimum absolute atomic E-state index is 0.0563. The molecule has 1 N–H and O–H groups in total. The molecule has 23 heavy (non-hydrogen) atoms. The van der Waals surface area contributed by atoms with Crippen LogP contribution in [0.15, 0.2) is 10.7 Å². The van der Waals surface area contributed by atoms with Gasteiger partial charge in [0, 0.05) is 17.8 Å². The van der Waals surface area contributed by atoms with Crippen LogP contribution in [0.1, 0.15) is 55.5 Å². The summed E-state index contributed by atoms with van der Waals surface area (Å²) in [4.78, 5) is 12.6. The lowest BCUT2D eigenvalue weighted by molar-refractivity contribution is -0.124. The Kier molecular flexibility index (Phi) is 5.29. The molecule has 0 aliphatic carbocycles. The van der Waals surface area contributed by atoms with E-state index >= 15 is 0 Å². The van der Waals surface area contributed by atoms with Gasteiger partial charge < -0.3 is 5.32 Å². The Bertz CT molecular complexity index is 718. The third-order valence-corrected chi connectivity index (χ3v) is 5.40. The Morgan fingerprint density at radius 1 is 1.30 bits per heavy atom. The van der Waals surface area contributed by atoms with Crippen molar-refractivity contribution < 1.29 is 4.79 Å². The molecule has 0 aliphatic rings. The van der Waals surface area contributed by atoms with E-state index in [1.54, 1.807) is 4.68 Å². The Labute approximate surface area is 145 Å². The van der Waals surface area contributed by atoms with Gasteiger partial charge in [-0.15, -0.1) is 0 Å². The maximum Gasteiger partial charge on any atom is 0.245 e. The molecule has 0 saturated heterocycles. The summed E-state index contributed by atoms with van der Waals surface area (Å²) in [6.45, 7) is 12.6. The van der Waals surface area contributed by atoms with Crippen molar-refractivity contribution in [1.82, 2.24) is 24.9 Å². The third kappa shape index (κ3) is 3.34. The second-order valence-electron chi connectivity index (χ2n) is 5.84. The summed E-state index contributed by atoms with van der Waals surface area (Å²) < 4.78 is 4.63. The number of hydrogen-bond acceptors (Lipinski definition) is 3. The first-order valence-electron chi connectivity index (χ1n) is 7.81. The Balaban J connectivity index is 2.14. The third-order valence-electron chi connectivity index (χ3n) is 4.25. The van der Waals surface area contributed by atoms with Crippen molar-refractivity contribution in [2.24, 2.45) is 0 Å². The molecule has 0 bridgehead atoms. The maximum absolute atomic E-state index is 12.6. The lowest BCUT2D eigenvalue weighted by Crippen LogP contribution is -2.34. The van der Waals surface area contributed by atoms with E-state index in [1.807, 2.05) is 45.5 Å². The average Bonchev–Trinajstić information content (AvgIpc) is 3.01. The molecule has 2 aromatic rings. The largest absolute Gasteiger partial charge is 0.348 e. The van der Waals surface area contributed by atoms with Crippen LogP contribution in [0.3, 0.4) is 0 Å². The van der Waals surface area contributed by atoms with Gasteiger partial charge in [0.1, 0.15) is 6.04 Å². The molecule has 2 heterocycles. The van der Waals surface area contributed by atoms with E-state index in [-0.39, 0.29) is 18.0 Å². The molecule has 0 aromatic carbocycles. The minimum atomic E-state index is -0.371. The molecule has 0 radical (unpaired) electrons. The van der Waals surface area contributed by atoms with E-state index in [4.69, 9.17) is 0 Å². The van der Waals surface area contributed by atoms with Crippen LogP contribution in [0.5, 0.6) is 0 Å². The lowest BCUT2D eigenvalue weighted by Gasteiger charge is -2.19. The SMILES string of the molecule is CCn1ncc(C(C)NC(=O)C(C)n2nc(C)c(Br)c2C)c1C. The molecule has 2 atom stereocenters. The van der Waals surface area contributed by atoms with Gasteiger partial charge in [-0.25, -0.2) is 0 Å². The molecule has 0 saturated carbocycles. The van der Waals surface area contributed by atoms with Gasteiger partial charge in [-0.1, -0.05) is 0 Å². The van der Waals surface area contributed by atoms with E-state index in [1.165, 1.54) is 0 Å². The number of nitrogens with one attached hydrogen (secondary N) is 1. The summed E-state index contributed by atoms with van der Waals surface area (Å²) in [7, 11) is 0. The summed E-state index contributed by atoms with van der Waals surface area (Å²) in [6, 6.07) is -0.463. The van der Waals surface area contributed by atoms with Gasteiger partial charge >= 0.3 is 0 Å². The van der Waals surface area contributed by atoms with Crippen LogP contribution in [-0.4, -0.2) is 25.5 Å². The first-order chi connectivity index (χ1) is 10.8. The fraction of sp³-hybridized carbons (Fsp3) is 0.562. The van der Waals surface area contributed by atoms with Crippen molar-refractivity contribution in [3.8, 4) is 0 Å². The Morgan fingerprint density at radius 3 is 2.43 bits per heavy atom. The van der Waals surface area contributed by atoms with Crippen molar-refractivity contribution in [3.05, 3.63) is 33.3 Å². The number of carbonyl (C=O) groups is 1. The number of amides is 1. The van der Waals surface area contributed by atoms with Gasteiger partial charge in [0.25, 0.3) is 0 Å².